The van der Waals surface area contributed by atoms with Crippen LogP contribution in [0.25, 0.3) is 11.0 Å². The summed E-state index contributed by atoms with van der Waals surface area (Å²) >= 11 is 0. The molecule has 2 saturated carbocycles. The summed E-state index contributed by atoms with van der Waals surface area (Å²) in [4.78, 5) is 28.4. The molecule has 2 aliphatic carbocycles. The van der Waals surface area contributed by atoms with Gasteiger partial charge in [0.2, 0.25) is 0 Å². The molecule has 6 nitrogen and oxygen atoms in total. The van der Waals surface area contributed by atoms with Crippen LogP contribution in [0.1, 0.15) is 32.6 Å². The van der Waals surface area contributed by atoms with Gasteiger partial charge in [-0.3, -0.25) is 9.59 Å². The number of imidazole rings is 1. The van der Waals surface area contributed by atoms with Crippen molar-refractivity contribution in [1.82, 2.24) is 14.9 Å². The Morgan fingerprint density at radius 3 is 2.92 bits per heavy atom. The van der Waals surface area contributed by atoms with Crippen LogP contribution in [-0.4, -0.2) is 34.1 Å². The lowest BCUT2D eigenvalue weighted by atomic mass is 9.84. The van der Waals surface area contributed by atoms with Crippen LogP contribution in [0.15, 0.2) is 30.6 Å². The van der Waals surface area contributed by atoms with Gasteiger partial charge in [-0.2, -0.15) is 0 Å². The third-order valence-electron chi connectivity index (χ3n) is 6.01. The zero-order valence-corrected chi connectivity index (χ0v) is 15.1. The summed E-state index contributed by atoms with van der Waals surface area (Å²) in [6.07, 6.45) is 6.80. The van der Waals surface area contributed by atoms with Crippen LogP contribution in [0.4, 0.5) is 0 Å². The normalized spacial score (nSPS) is 25.3. The van der Waals surface area contributed by atoms with Crippen molar-refractivity contribution >= 4 is 22.9 Å². The summed E-state index contributed by atoms with van der Waals surface area (Å²) < 4.78 is 6.88. The van der Waals surface area contributed by atoms with Gasteiger partial charge in [0, 0.05) is 6.04 Å². The van der Waals surface area contributed by atoms with Crippen LogP contribution < -0.4 is 5.32 Å². The molecule has 1 N–H and O–H groups in total. The van der Waals surface area contributed by atoms with E-state index < -0.39 is 5.97 Å². The smallest absolute Gasteiger partial charge is 0.326 e. The van der Waals surface area contributed by atoms with Gasteiger partial charge in [0.1, 0.15) is 6.54 Å². The van der Waals surface area contributed by atoms with Crippen LogP contribution >= 0.6 is 0 Å². The van der Waals surface area contributed by atoms with E-state index in [2.05, 4.69) is 17.2 Å². The second kappa shape index (κ2) is 7.09. The average molecular weight is 355 g/mol. The lowest BCUT2D eigenvalue weighted by molar-refractivity contribution is -0.149. The first-order chi connectivity index (χ1) is 12.6. The highest BCUT2D eigenvalue weighted by Gasteiger charge is 2.42. The number of fused-ring (bicyclic) bond motifs is 3. The molecule has 0 spiro atoms. The largest absolute Gasteiger partial charge is 0.454 e. The van der Waals surface area contributed by atoms with E-state index in [0.717, 1.165) is 22.9 Å². The predicted molar refractivity (Wildman–Crippen MR) is 97.2 cm³/mol. The molecule has 0 radical (unpaired) electrons. The molecular formula is C20H25N3O3. The van der Waals surface area contributed by atoms with Crippen LogP contribution in [0.2, 0.25) is 0 Å². The van der Waals surface area contributed by atoms with E-state index >= 15 is 0 Å². The number of hydrogen-bond acceptors (Lipinski definition) is 4. The molecule has 0 aliphatic heterocycles. The van der Waals surface area contributed by atoms with Crippen LogP contribution in [0, 0.1) is 17.8 Å². The average Bonchev–Trinajstić information content (AvgIpc) is 3.36. The maximum absolute atomic E-state index is 12.1. The lowest BCUT2D eigenvalue weighted by Gasteiger charge is -2.28. The summed E-state index contributed by atoms with van der Waals surface area (Å²) in [5.74, 6) is 1.53. The number of nitrogens with one attached hydrogen (secondary N) is 1. The number of aromatic nitrogens is 2. The van der Waals surface area contributed by atoms with Gasteiger partial charge in [0.05, 0.1) is 17.4 Å². The van der Waals surface area contributed by atoms with Crippen molar-refractivity contribution in [1.29, 1.82) is 0 Å². The Kier molecular flexibility index (Phi) is 4.66. The number of esters is 1. The van der Waals surface area contributed by atoms with Gasteiger partial charge in [0.15, 0.2) is 6.61 Å². The summed E-state index contributed by atoms with van der Waals surface area (Å²) in [5.41, 5.74) is 1.71. The van der Waals surface area contributed by atoms with Gasteiger partial charge in [-0.25, -0.2) is 4.98 Å². The summed E-state index contributed by atoms with van der Waals surface area (Å²) in [6, 6.07) is 7.74. The maximum Gasteiger partial charge on any atom is 0.326 e. The van der Waals surface area contributed by atoms with Crippen molar-refractivity contribution in [3.8, 4) is 0 Å². The van der Waals surface area contributed by atoms with Crippen molar-refractivity contribution in [3.05, 3.63) is 30.6 Å². The van der Waals surface area contributed by atoms with Crippen molar-refractivity contribution in [2.75, 3.05) is 6.61 Å². The van der Waals surface area contributed by atoms with Gasteiger partial charge in [0.25, 0.3) is 5.91 Å². The first-order valence-corrected chi connectivity index (χ1v) is 9.45. The quantitative estimate of drug-likeness (QED) is 0.808. The predicted octanol–water partition coefficient (Wildman–Crippen LogP) is 2.52. The fourth-order valence-corrected chi connectivity index (χ4v) is 4.78. The lowest BCUT2D eigenvalue weighted by Crippen LogP contribution is -2.42. The molecule has 6 heteroatoms. The van der Waals surface area contributed by atoms with Gasteiger partial charge >= 0.3 is 5.97 Å². The molecule has 138 valence electrons. The number of para-hydroxylation sites is 2. The topological polar surface area (TPSA) is 73.2 Å². The molecule has 4 rings (SSSR count). The Morgan fingerprint density at radius 2 is 2.15 bits per heavy atom. The van der Waals surface area contributed by atoms with Crippen LogP contribution in [0.5, 0.6) is 0 Å². The summed E-state index contributed by atoms with van der Waals surface area (Å²) in [6.45, 7) is 1.90. The minimum atomic E-state index is -0.434. The zero-order chi connectivity index (χ0) is 18.1. The van der Waals surface area contributed by atoms with Gasteiger partial charge in [-0.1, -0.05) is 18.6 Å². The van der Waals surface area contributed by atoms with Gasteiger partial charge < -0.3 is 14.6 Å². The standard InChI is InChI=1S/C20H25N3O3/c1-13(16-9-14-6-7-15(16)8-14)22-19(24)11-26-20(25)10-23-12-21-17-4-2-3-5-18(17)23/h2-5,12-16H,6-11H2,1H3,(H,22,24)/t13-,14+,15+,16+/m1/s1. The summed E-state index contributed by atoms with van der Waals surface area (Å²) in [7, 11) is 0. The Morgan fingerprint density at radius 1 is 1.31 bits per heavy atom. The molecule has 1 amide bonds. The van der Waals surface area contributed by atoms with Crippen molar-refractivity contribution < 1.29 is 14.3 Å². The first kappa shape index (κ1) is 17.1. The number of rotatable bonds is 6. The SMILES string of the molecule is C[C@@H](NC(=O)COC(=O)Cn1cnc2ccccc21)[C@@H]1C[C@H]2CC[C@H]1C2. The molecule has 2 fully saturated rings. The van der Waals surface area contributed by atoms with Gasteiger partial charge in [-0.05, 0) is 56.1 Å². The number of carbonyl (C=O) groups is 2. The molecule has 2 aliphatic rings. The maximum atomic E-state index is 12.1. The molecule has 1 aromatic heterocycles. The molecule has 0 unspecified atom stereocenters. The highest BCUT2D eigenvalue weighted by Crippen LogP contribution is 2.49. The number of ether oxygens (including phenoxy) is 1. The van der Waals surface area contributed by atoms with E-state index in [-0.39, 0.29) is 25.1 Å². The minimum Gasteiger partial charge on any atom is -0.454 e. The molecule has 2 bridgehead atoms. The monoisotopic (exact) mass is 355 g/mol. The van der Waals surface area contributed by atoms with Crippen molar-refractivity contribution in [2.45, 2.75) is 45.2 Å². The van der Waals surface area contributed by atoms with Crippen LogP contribution in [-0.2, 0) is 20.9 Å². The van der Waals surface area contributed by atoms with E-state index in [0.29, 0.717) is 5.92 Å². The number of amides is 1. The molecule has 0 saturated heterocycles. The van der Waals surface area contributed by atoms with E-state index in [9.17, 15) is 9.59 Å². The molecule has 2 aromatic rings. The third kappa shape index (κ3) is 3.45. The number of carbonyl (C=O) groups excluding carboxylic acids is 2. The fraction of sp³-hybridized carbons (Fsp3) is 0.550. The Labute approximate surface area is 152 Å². The minimum absolute atomic E-state index is 0.0513. The number of hydrogen-bond donors (Lipinski definition) is 1. The molecule has 1 aromatic carbocycles. The van der Waals surface area contributed by atoms with Gasteiger partial charge in [-0.15, -0.1) is 0 Å². The first-order valence-electron chi connectivity index (χ1n) is 9.45. The molecule has 1 heterocycles. The zero-order valence-electron chi connectivity index (χ0n) is 15.1. The summed E-state index contributed by atoms with van der Waals surface area (Å²) in [5, 5.41) is 3.02. The molecular weight excluding hydrogens is 330 g/mol. The highest BCUT2D eigenvalue weighted by atomic mass is 16.5. The van der Waals surface area contributed by atoms with E-state index in [1.165, 1.54) is 25.7 Å². The third-order valence-corrected chi connectivity index (χ3v) is 6.01. The van der Waals surface area contributed by atoms with Crippen molar-refractivity contribution in [2.24, 2.45) is 17.8 Å². The van der Waals surface area contributed by atoms with E-state index in [1.54, 1.807) is 10.9 Å². The van der Waals surface area contributed by atoms with Crippen LogP contribution in [0.3, 0.4) is 0 Å². The second-order valence-electron chi connectivity index (χ2n) is 7.72. The number of benzene rings is 1. The Bertz CT molecular complexity index is 815. The Balaban J connectivity index is 1.24. The van der Waals surface area contributed by atoms with Crippen molar-refractivity contribution in [3.63, 3.8) is 0 Å². The highest BCUT2D eigenvalue weighted by molar-refractivity contribution is 5.82. The molecule has 4 atom stereocenters. The van der Waals surface area contributed by atoms with E-state index in [4.69, 9.17) is 4.74 Å². The second-order valence-corrected chi connectivity index (χ2v) is 7.72. The molecule has 26 heavy (non-hydrogen) atoms. The van der Waals surface area contributed by atoms with E-state index in [1.807, 2.05) is 24.3 Å². The fourth-order valence-electron chi connectivity index (χ4n) is 4.78. The number of nitrogens with zero attached hydrogens (tertiary/aromatic N) is 2. The Hall–Kier alpha value is -2.37.